The van der Waals surface area contributed by atoms with E-state index in [4.69, 9.17) is 28.4 Å². The minimum atomic E-state index is -0.274. The van der Waals surface area contributed by atoms with Crippen LogP contribution in [0, 0.1) is 0 Å². The minimum Gasteiger partial charge on any atom is -0.496 e. The van der Waals surface area contributed by atoms with Crippen molar-refractivity contribution in [3.05, 3.63) is 29.8 Å². The van der Waals surface area contributed by atoms with Gasteiger partial charge < -0.3 is 28.4 Å². The van der Waals surface area contributed by atoms with Crippen LogP contribution in [-0.4, -0.2) is 46.7 Å². The Balaban J connectivity index is 0.00000578. The Hall–Kier alpha value is -2.06. The van der Waals surface area contributed by atoms with Gasteiger partial charge in [0.1, 0.15) is 40.1 Å². The molecule has 7 nitrogen and oxygen atoms in total. The summed E-state index contributed by atoms with van der Waals surface area (Å²) < 4.78 is 34.2. The number of rotatable bonds is 15. The molecule has 0 aliphatic rings. The Morgan fingerprint density at radius 2 is 1.12 bits per heavy atom. The zero-order valence-corrected chi connectivity index (χ0v) is 22.4. The summed E-state index contributed by atoms with van der Waals surface area (Å²) in [5.74, 6) is 3.16. The van der Waals surface area contributed by atoms with E-state index >= 15 is 0 Å². The van der Waals surface area contributed by atoms with Crippen LogP contribution in [0.4, 0.5) is 0 Å². The zero-order valence-electron chi connectivity index (χ0n) is 21.4. The van der Waals surface area contributed by atoms with Gasteiger partial charge in [0.25, 0.3) is 0 Å². The second-order valence-electron chi connectivity index (χ2n) is 7.20. The summed E-state index contributed by atoms with van der Waals surface area (Å²) in [4.78, 5) is 13.6. The van der Waals surface area contributed by atoms with Crippen LogP contribution in [0.2, 0.25) is 0 Å². The second kappa shape index (κ2) is 15.8. The smallest absolute Gasteiger partial charge is 0.496 e. The van der Waals surface area contributed by atoms with E-state index in [1.807, 2.05) is 32.9 Å². The topological polar surface area (TPSA) is 72.5 Å². The van der Waals surface area contributed by atoms with Gasteiger partial charge >= 0.3 is 18.9 Å². The maximum atomic E-state index is 13.6. The van der Waals surface area contributed by atoms with Crippen molar-refractivity contribution in [2.24, 2.45) is 0 Å². The molecule has 1 unspecified atom stereocenters. The average molecular weight is 485 g/mol. The molecule has 0 saturated heterocycles. The Labute approximate surface area is 216 Å². The number of benzene rings is 2. The van der Waals surface area contributed by atoms with Gasteiger partial charge in [-0.2, -0.15) is 0 Å². The number of carbonyl (C=O) groups excluding carboxylic acids is 1. The van der Waals surface area contributed by atoms with Crippen LogP contribution in [0.15, 0.2) is 24.3 Å². The molecule has 2 aromatic rings. The molecule has 0 aliphatic heterocycles. The van der Waals surface area contributed by atoms with Gasteiger partial charge in [-0.1, -0.05) is 20.8 Å². The van der Waals surface area contributed by atoms with Gasteiger partial charge in [0.15, 0.2) is 5.52 Å². The predicted molar refractivity (Wildman–Crippen MR) is 132 cm³/mol. The molecule has 2 aromatic carbocycles. The summed E-state index contributed by atoms with van der Waals surface area (Å²) >= 11 is 0. The molecule has 0 N–H and O–H groups in total. The van der Waals surface area contributed by atoms with Crippen molar-refractivity contribution in [1.82, 2.24) is 0 Å². The molecular weight excluding hydrogens is 450 g/mol. The summed E-state index contributed by atoms with van der Waals surface area (Å²) in [6, 6.07) is 7.01. The molecule has 1 atom stereocenters. The van der Waals surface area contributed by atoms with Crippen LogP contribution in [0.25, 0.3) is 0 Å². The van der Waals surface area contributed by atoms with Gasteiger partial charge in [0.05, 0.1) is 46.5 Å². The summed E-state index contributed by atoms with van der Waals surface area (Å²) in [5, 5.41) is 0.700. The third-order valence-electron chi connectivity index (χ3n) is 4.62. The maximum Gasteiger partial charge on any atom is 1.00 e. The van der Waals surface area contributed by atoms with E-state index < -0.39 is 0 Å². The van der Waals surface area contributed by atoms with Gasteiger partial charge in [-0.3, -0.25) is 4.79 Å². The summed E-state index contributed by atoms with van der Waals surface area (Å²) in [5.41, 5.74) is 0.199. The van der Waals surface area contributed by atoms with Crippen LogP contribution in [0.5, 0.6) is 34.5 Å². The van der Waals surface area contributed by atoms with E-state index in [0.29, 0.717) is 65.2 Å². The number of carbonyl (C=O) groups is 1. The van der Waals surface area contributed by atoms with E-state index in [1.165, 1.54) is 14.2 Å². The van der Waals surface area contributed by atoms with Crippen molar-refractivity contribution < 1.29 is 52.1 Å². The van der Waals surface area contributed by atoms with Crippen molar-refractivity contribution in [3.8, 4) is 34.5 Å². The minimum absolute atomic E-state index is 0. The first-order valence-electron chi connectivity index (χ1n) is 11.2. The monoisotopic (exact) mass is 485 g/mol. The van der Waals surface area contributed by atoms with Gasteiger partial charge in [-0.05, 0) is 27.8 Å². The zero-order chi connectivity index (χ0) is 24.2. The van der Waals surface area contributed by atoms with Crippen molar-refractivity contribution in [2.45, 2.75) is 40.0 Å². The fraction of sp³-hybridized carbons (Fsp3) is 0.480. The van der Waals surface area contributed by atoms with Crippen LogP contribution >= 0.6 is 8.58 Å². The molecule has 0 bridgehead atoms. The Kier molecular flexibility index (Phi) is 13.9. The fourth-order valence-corrected chi connectivity index (χ4v) is 4.18. The van der Waals surface area contributed by atoms with Crippen LogP contribution in [0.1, 0.15) is 50.4 Å². The molecule has 2 rings (SSSR count). The first-order chi connectivity index (χ1) is 16.0. The van der Waals surface area contributed by atoms with E-state index in [1.54, 1.807) is 19.2 Å². The normalized spacial score (nSPS) is 10.5. The Bertz CT molecular complexity index is 866. The van der Waals surface area contributed by atoms with Crippen molar-refractivity contribution in [3.63, 3.8) is 0 Å². The SMILES string of the molecule is CCCOc1cc(OCCC)c(PC(=O)c2c(OC)cc(OC)cc2OC)c(OCCC)c1.[Li+]. The standard InChI is InChI=1S/C25H35O7P.Li/c1-7-10-30-18-15-21(31-11-8-2)24(22(16-18)32-12-9-3)33-25(26)23-19(28-5)13-17(27-4)14-20(23)29-6;/h13-16,33H,7-12H2,1-6H3;/q;+1. The summed E-state index contributed by atoms with van der Waals surface area (Å²) in [6.45, 7) is 7.74. The molecule has 34 heavy (non-hydrogen) atoms. The van der Waals surface area contributed by atoms with Crippen LogP contribution in [-0.2, 0) is 0 Å². The first-order valence-corrected chi connectivity index (χ1v) is 12.2. The fourth-order valence-electron chi connectivity index (χ4n) is 3.05. The molecule has 0 aliphatic carbocycles. The van der Waals surface area contributed by atoms with E-state index in [0.717, 1.165) is 19.3 Å². The number of hydrogen-bond donors (Lipinski definition) is 0. The van der Waals surface area contributed by atoms with Crippen LogP contribution in [0.3, 0.4) is 0 Å². The second-order valence-corrected chi connectivity index (χ2v) is 8.41. The molecule has 9 heteroatoms. The Morgan fingerprint density at radius 1 is 0.676 bits per heavy atom. The summed E-state index contributed by atoms with van der Waals surface area (Å²) in [7, 11) is 4.30. The quantitative estimate of drug-likeness (QED) is 0.283. The molecule has 0 fully saturated rings. The van der Waals surface area contributed by atoms with Crippen molar-refractivity contribution in [2.75, 3.05) is 41.2 Å². The summed E-state index contributed by atoms with van der Waals surface area (Å²) in [6.07, 6.45) is 2.55. The molecule has 182 valence electrons. The van der Waals surface area contributed by atoms with Crippen LogP contribution < -0.4 is 52.6 Å². The van der Waals surface area contributed by atoms with E-state index in [2.05, 4.69) is 0 Å². The largest absolute Gasteiger partial charge is 1.00 e. The third kappa shape index (κ3) is 8.01. The van der Waals surface area contributed by atoms with Crippen molar-refractivity contribution in [1.29, 1.82) is 0 Å². The average Bonchev–Trinajstić information content (AvgIpc) is 2.84. The van der Waals surface area contributed by atoms with Gasteiger partial charge in [-0.15, -0.1) is 0 Å². The molecular formula is C25H35LiO7P+. The third-order valence-corrected chi connectivity index (χ3v) is 5.84. The van der Waals surface area contributed by atoms with E-state index in [-0.39, 0.29) is 33.0 Å². The number of methoxy groups -OCH3 is 3. The Morgan fingerprint density at radius 3 is 1.53 bits per heavy atom. The molecule has 0 amide bonds. The molecule has 0 heterocycles. The van der Waals surface area contributed by atoms with Gasteiger partial charge in [-0.25, -0.2) is 0 Å². The number of ether oxygens (including phenoxy) is 6. The molecule has 0 spiro atoms. The number of hydrogen-bond acceptors (Lipinski definition) is 7. The van der Waals surface area contributed by atoms with E-state index in [9.17, 15) is 4.79 Å². The molecule has 0 aromatic heterocycles. The van der Waals surface area contributed by atoms with Gasteiger partial charge in [0, 0.05) is 24.3 Å². The predicted octanol–water partition coefficient (Wildman–Crippen LogP) is 2.23. The maximum absolute atomic E-state index is 13.6. The molecule has 0 saturated carbocycles. The first kappa shape index (κ1) is 30.0. The van der Waals surface area contributed by atoms with Gasteiger partial charge in [0.2, 0.25) is 0 Å². The van der Waals surface area contributed by atoms with Crippen molar-refractivity contribution >= 4 is 19.4 Å². The molecule has 0 radical (unpaired) electrons.